The second kappa shape index (κ2) is 8.06. The Morgan fingerprint density at radius 2 is 2.00 bits per heavy atom. The lowest BCUT2D eigenvalue weighted by Crippen LogP contribution is -2.48. The van der Waals surface area contributed by atoms with Gasteiger partial charge in [-0.05, 0) is 11.3 Å². The zero-order chi connectivity index (χ0) is 18.6. The van der Waals surface area contributed by atoms with Crippen LogP contribution in [0.2, 0.25) is 0 Å². The van der Waals surface area contributed by atoms with Crippen LogP contribution in [0.4, 0.5) is 5.82 Å². The summed E-state index contributed by atoms with van der Waals surface area (Å²) in [5, 5.41) is 13.4. The van der Waals surface area contributed by atoms with E-state index in [2.05, 4.69) is 24.9 Å². The predicted octanol–water partition coefficient (Wildman–Crippen LogP) is 0.516. The van der Waals surface area contributed by atoms with Crippen molar-refractivity contribution in [1.82, 2.24) is 24.6 Å². The molecule has 9 heteroatoms. The molecule has 2 aromatic rings. The first kappa shape index (κ1) is 17.9. The number of fused-ring (bicyclic) bond motifs is 1. The van der Waals surface area contributed by atoms with Crippen molar-refractivity contribution in [3.05, 3.63) is 45.8 Å². The van der Waals surface area contributed by atoms with Gasteiger partial charge >= 0.3 is 0 Å². The summed E-state index contributed by atoms with van der Waals surface area (Å²) >= 11 is 1.86. The third-order valence-corrected chi connectivity index (χ3v) is 5.99. The molecule has 0 N–H and O–H groups in total. The lowest BCUT2D eigenvalue weighted by molar-refractivity contribution is 0.242. The number of rotatable bonds is 4. The second-order valence-electron chi connectivity index (χ2n) is 6.68. The summed E-state index contributed by atoms with van der Waals surface area (Å²) in [7, 11) is 0. The van der Waals surface area contributed by atoms with E-state index in [1.165, 1.54) is 6.20 Å². The van der Waals surface area contributed by atoms with Crippen molar-refractivity contribution in [3.63, 3.8) is 0 Å². The summed E-state index contributed by atoms with van der Waals surface area (Å²) in [4.78, 5) is 25.2. The Bertz CT molecular complexity index is 897. The second-order valence-corrected chi connectivity index (χ2v) is 7.79. The maximum Gasteiger partial charge on any atom is 0.267 e. The van der Waals surface area contributed by atoms with E-state index >= 15 is 0 Å². The first-order chi connectivity index (χ1) is 13.2. The molecule has 0 radical (unpaired) electrons. The minimum atomic E-state index is 0.00254. The summed E-state index contributed by atoms with van der Waals surface area (Å²) in [5.41, 5.74) is 2.52. The molecule has 0 aromatic carbocycles. The van der Waals surface area contributed by atoms with Gasteiger partial charge in [-0.25, -0.2) is 14.6 Å². The predicted molar refractivity (Wildman–Crippen MR) is 104 cm³/mol. The van der Waals surface area contributed by atoms with E-state index in [4.69, 9.17) is 5.26 Å². The molecule has 0 spiro atoms. The molecule has 8 nitrogen and oxygen atoms in total. The fraction of sp³-hybridized carbons (Fsp3) is 0.500. The van der Waals surface area contributed by atoms with Crippen LogP contribution in [0.3, 0.4) is 0 Å². The Morgan fingerprint density at radius 1 is 1.15 bits per heavy atom. The Balaban J connectivity index is 1.32. The van der Waals surface area contributed by atoms with Gasteiger partial charge in [0.1, 0.15) is 11.9 Å². The highest BCUT2D eigenvalue weighted by Gasteiger charge is 2.19. The summed E-state index contributed by atoms with van der Waals surface area (Å²) in [6.07, 6.45) is 4.11. The minimum absolute atomic E-state index is 0.00254. The fourth-order valence-corrected chi connectivity index (χ4v) is 4.34. The molecule has 0 saturated carbocycles. The summed E-state index contributed by atoms with van der Waals surface area (Å²) in [6.45, 7) is 4.94. The average molecular weight is 383 g/mol. The number of aromatic nitrogens is 4. The molecule has 4 rings (SSSR count). The van der Waals surface area contributed by atoms with Crippen LogP contribution in [0.5, 0.6) is 0 Å². The van der Waals surface area contributed by atoms with Gasteiger partial charge in [0.2, 0.25) is 0 Å². The molecule has 1 fully saturated rings. The van der Waals surface area contributed by atoms with Crippen molar-refractivity contribution >= 4 is 17.6 Å². The molecule has 2 aliphatic rings. The van der Waals surface area contributed by atoms with Crippen LogP contribution in [0.15, 0.2) is 23.3 Å². The number of thioether (sulfide) groups is 1. The minimum Gasteiger partial charge on any atom is -0.353 e. The van der Waals surface area contributed by atoms with Crippen LogP contribution in [-0.2, 0) is 18.7 Å². The van der Waals surface area contributed by atoms with Gasteiger partial charge in [0.15, 0.2) is 5.69 Å². The highest BCUT2D eigenvalue weighted by molar-refractivity contribution is 7.98. The maximum atomic E-state index is 12.3. The van der Waals surface area contributed by atoms with Crippen molar-refractivity contribution in [1.29, 1.82) is 5.26 Å². The van der Waals surface area contributed by atoms with Crippen LogP contribution in [-0.4, -0.2) is 63.1 Å². The van der Waals surface area contributed by atoms with Crippen LogP contribution in [0.1, 0.15) is 17.0 Å². The molecule has 0 unspecified atom stereocenters. The third-order valence-electron chi connectivity index (χ3n) is 4.98. The fourth-order valence-electron chi connectivity index (χ4n) is 3.39. The lowest BCUT2D eigenvalue weighted by atomic mass is 10.2. The molecular weight excluding hydrogens is 362 g/mol. The van der Waals surface area contributed by atoms with E-state index in [0.29, 0.717) is 12.2 Å². The van der Waals surface area contributed by atoms with Crippen molar-refractivity contribution in [3.8, 4) is 6.07 Å². The molecule has 0 bridgehead atoms. The van der Waals surface area contributed by atoms with Gasteiger partial charge in [0.05, 0.1) is 24.6 Å². The molecule has 2 aliphatic heterocycles. The van der Waals surface area contributed by atoms with E-state index in [1.54, 1.807) is 16.9 Å². The molecule has 1 saturated heterocycles. The average Bonchev–Trinajstić information content (AvgIpc) is 2.73. The summed E-state index contributed by atoms with van der Waals surface area (Å²) < 4.78 is 1.62. The molecule has 27 heavy (non-hydrogen) atoms. The number of aryl methyl sites for hydroxylation is 1. The molecule has 0 amide bonds. The standard InChI is InChI=1S/C18H21N7OS/c19-10-15-11-21-17(12-20-15)24-5-2-23(3-6-24)4-7-25-18(26)9-14-13-27-8-1-16(14)22-25/h9,11-12H,1-8,13H2. The van der Waals surface area contributed by atoms with Gasteiger partial charge in [0.25, 0.3) is 5.56 Å². The Morgan fingerprint density at radius 3 is 2.74 bits per heavy atom. The summed E-state index contributed by atoms with van der Waals surface area (Å²) in [6, 6.07) is 3.74. The first-order valence-electron chi connectivity index (χ1n) is 9.10. The zero-order valence-electron chi connectivity index (χ0n) is 15.0. The van der Waals surface area contributed by atoms with E-state index in [9.17, 15) is 4.79 Å². The quantitative estimate of drug-likeness (QED) is 0.755. The third kappa shape index (κ3) is 4.12. The SMILES string of the molecule is N#Cc1cnc(N2CCN(CCn3nc4c(cc3=O)CSCC4)CC2)cn1. The normalized spacial score (nSPS) is 17.4. The van der Waals surface area contributed by atoms with Crippen molar-refractivity contribution < 1.29 is 0 Å². The summed E-state index contributed by atoms with van der Waals surface area (Å²) in [5.74, 6) is 2.79. The van der Waals surface area contributed by atoms with Crippen molar-refractivity contribution in [2.24, 2.45) is 0 Å². The monoisotopic (exact) mass is 383 g/mol. The lowest BCUT2D eigenvalue weighted by Gasteiger charge is -2.35. The van der Waals surface area contributed by atoms with E-state index in [0.717, 1.165) is 67.7 Å². The number of hydrogen-bond donors (Lipinski definition) is 0. The smallest absolute Gasteiger partial charge is 0.267 e. The van der Waals surface area contributed by atoms with Crippen LogP contribution < -0.4 is 10.5 Å². The number of anilines is 1. The van der Waals surface area contributed by atoms with Crippen LogP contribution in [0.25, 0.3) is 0 Å². The van der Waals surface area contributed by atoms with Gasteiger partial charge in [-0.2, -0.15) is 22.1 Å². The van der Waals surface area contributed by atoms with Gasteiger partial charge in [0, 0.05) is 51.0 Å². The highest BCUT2D eigenvalue weighted by Crippen LogP contribution is 2.21. The van der Waals surface area contributed by atoms with E-state index in [-0.39, 0.29) is 5.56 Å². The van der Waals surface area contributed by atoms with E-state index < -0.39 is 0 Å². The van der Waals surface area contributed by atoms with Gasteiger partial charge in [-0.15, -0.1) is 0 Å². The Labute approximate surface area is 161 Å². The Kier molecular flexibility index (Phi) is 5.36. The number of nitrogens with zero attached hydrogens (tertiary/aromatic N) is 7. The molecule has 0 aliphatic carbocycles. The number of nitriles is 1. The molecular formula is C18H21N7OS. The Hall–Kier alpha value is -2.44. The zero-order valence-corrected chi connectivity index (χ0v) is 15.9. The molecule has 140 valence electrons. The highest BCUT2D eigenvalue weighted by atomic mass is 32.2. The van der Waals surface area contributed by atoms with Gasteiger partial charge in [-0.3, -0.25) is 9.69 Å². The number of piperazine rings is 1. The van der Waals surface area contributed by atoms with Crippen molar-refractivity contribution in [2.45, 2.75) is 18.7 Å². The van der Waals surface area contributed by atoms with Gasteiger partial charge in [-0.1, -0.05) is 0 Å². The maximum absolute atomic E-state index is 12.3. The van der Waals surface area contributed by atoms with Crippen molar-refractivity contribution in [2.75, 3.05) is 43.4 Å². The number of hydrogen-bond acceptors (Lipinski definition) is 8. The molecule has 2 aromatic heterocycles. The molecule has 0 atom stereocenters. The topological polar surface area (TPSA) is 90.9 Å². The molecule has 4 heterocycles. The van der Waals surface area contributed by atoms with Crippen LogP contribution >= 0.6 is 11.8 Å². The van der Waals surface area contributed by atoms with Crippen LogP contribution in [0, 0.1) is 11.3 Å². The van der Waals surface area contributed by atoms with Gasteiger partial charge < -0.3 is 4.90 Å². The van der Waals surface area contributed by atoms with E-state index in [1.807, 2.05) is 17.8 Å². The first-order valence-corrected chi connectivity index (χ1v) is 10.3. The largest absolute Gasteiger partial charge is 0.353 e.